The van der Waals surface area contributed by atoms with Crippen molar-refractivity contribution in [1.82, 2.24) is 0 Å². The molecule has 0 radical (unpaired) electrons. The normalized spacial score (nSPS) is 12.7. The molecule has 2 N–H and O–H groups in total. The van der Waals surface area contributed by atoms with Crippen molar-refractivity contribution in [3.05, 3.63) is 71.8 Å². The van der Waals surface area contributed by atoms with Crippen LogP contribution in [0.4, 0.5) is 0 Å². The molecule has 3 nitrogen and oxygen atoms in total. The van der Waals surface area contributed by atoms with Gasteiger partial charge in [-0.15, -0.1) is 0 Å². The first-order valence-corrected chi connectivity index (χ1v) is 7.07. The Kier molecular flexibility index (Phi) is 4.76. The third-order valence-electron chi connectivity index (χ3n) is 3.43. The molecule has 0 spiro atoms. The minimum Gasteiger partial charge on any atom is -0.454 e. The highest BCUT2D eigenvalue weighted by Gasteiger charge is 2.28. The quantitative estimate of drug-likeness (QED) is 0.858. The van der Waals surface area contributed by atoms with Gasteiger partial charge in [-0.25, -0.2) is 0 Å². The van der Waals surface area contributed by atoms with Crippen molar-refractivity contribution in [1.29, 1.82) is 0 Å². The minimum absolute atomic E-state index is 0.382. The second-order valence-corrected chi connectivity index (χ2v) is 5.59. The lowest BCUT2D eigenvalue weighted by Gasteiger charge is -2.27. The molecule has 21 heavy (non-hydrogen) atoms. The van der Waals surface area contributed by atoms with Gasteiger partial charge in [-0.3, -0.25) is 4.79 Å². The van der Waals surface area contributed by atoms with Crippen LogP contribution >= 0.6 is 0 Å². The Balaban J connectivity index is 2.00. The summed E-state index contributed by atoms with van der Waals surface area (Å²) < 4.78 is 5.59. The van der Waals surface area contributed by atoms with Crippen molar-refractivity contribution in [2.75, 3.05) is 0 Å². The fourth-order valence-corrected chi connectivity index (χ4v) is 2.18. The molecule has 0 aliphatic carbocycles. The first kappa shape index (κ1) is 15.3. The lowest BCUT2D eigenvalue weighted by atomic mass is 9.98. The highest BCUT2D eigenvalue weighted by molar-refractivity contribution is 5.76. The largest absolute Gasteiger partial charge is 0.454 e. The van der Waals surface area contributed by atoms with Gasteiger partial charge in [-0.05, 0) is 31.4 Å². The molecule has 3 heteroatoms. The van der Waals surface area contributed by atoms with Crippen molar-refractivity contribution < 1.29 is 9.53 Å². The van der Waals surface area contributed by atoms with Gasteiger partial charge in [0.05, 0.1) is 0 Å². The van der Waals surface area contributed by atoms with Crippen molar-refractivity contribution in [3.63, 3.8) is 0 Å². The summed E-state index contributed by atoms with van der Waals surface area (Å²) in [6, 6.07) is 18.7. The zero-order chi connectivity index (χ0) is 15.3. The molecule has 0 bridgehead atoms. The monoisotopic (exact) mass is 283 g/mol. The molecule has 2 aromatic carbocycles. The second-order valence-electron chi connectivity index (χ2n) is 5.59. The Labute approximate surface area is 125 Å². The molecule has 110 valence electrons. The molecule has 0 fully saturated rings. The maximum Gasteiger partial charge on any atom is 0.324 e. The second kappa shape index (κ2) is 6.55. The predicted octanol–water partition coefficient (Wildman–Crippen LogP) is 3.03. The molecular formula is C18H21NO2. The molecular weight excluding hydrogens is 262 g/mol. The molecule has 1 atom stereocenters. The van der Waals surface area contributed by atoms with Crippen molar-refractivity contribution in [3.8, 4) is 0 Å². The van der Waals surface area contributed by atoms with Crippen LogP contribution in [0.15, 0.2) is 60.7 Å². The summed E-state index contributed by atoms with van der Waals surface area (Å²) in [5.74, 6) is -0.382. The molecule has 0 heterocycles. The standard InChI is InChI=1S/C18H21NO2/c1-18(2,15-11-7-4-8-12-15)21-17(20)16(19)13-14-9-5-3-6-10-14/h3-12,16H,13,19H2,1-2H3/t16-/m0/s1. The van der Waals surface area contributed by atoms with Gasteiger partial charge in [0.25, 0.3) is 0 Å². The lowest BCUT2D eigenvalue weighted by Crippen LogP contribution is -2.39. The van der Waals surface area contributed by atoms with E-state index in [1.807, 2.05) is 74.5 Å². The van der Waals surface area contributed by atoms with Gasteiger partial charge in [-0.2, -0.15) is 0 Å². The molecule has 0 saturated heterocycles. The van der Waals surface area contributed by atoms with Crippen LogP contribution < -0.4 is 5.73 Å². The number of hydrogen-bond donors (Lipinski definition) is 1. The first-order chi connectivity index (χ1) is 9.99. The maximum atomic E-state index is 12.2. The van der Waals surface area contributed by atoms with E-state index in [0.717, 1.165) is 11.1 Å². The van der Waals surface area contributed by atoms with Gasteiger partial charge >= 0.3 is 5.97 Å². The van der Waals surface area contributed by atoms with Crippen LogP contribution in [0.5, 0.6) is 0 Å². The fraction of sp³-hybridized carbons (Fsp3) is 0.278. The van der Waals surface area contributed by atoms with Crippen LogP contribution in [0.1, 0.15) is 25.0 Å². The molecule has 2 rings (SSSR count). The van der Waals surface area contributed by atoms with Gasteiger partial charge in [0.1, 0.15) is 11.6 Å². The Hall–Kier alpha value is -2.13. The van der Waals surface area contributed by atoms with E-state index in [9.17, 15) is 4.79 Å². The molecule has 2 aromatic rings. The smallest absolute Gasteiger partial charge is 0.324 e. The summed E-state index contributed by atoms with van der Waals surface area (Å²) in [5, 5.41) is 0. The Bertz CT molecular complexity index is 579. The van der Waals surface area contributed by atoms with Gasteiger partial charge in [0.15, 0.2) is 0 Å². The van der Waals surface area contributed by atoms with E-state index in [4.69, 9.17) is 10.5 Å². The molecule has 0 saturated carbocycles. The molecule has 0 aliphatic rings. The van der Waals surface area contributed by atoms with Gasteiger partial charge in [-0.1, -0.05) is 60.7 Å². The zero-order valence-corrected chi connectivity index (χ0v) is 12.5. The van der Waals surface area contributed by atoms with Crippen molar-refractivity contribution >= 4 is 5.97 Å². The van der Waals surface area contributed by atoms with Crippen molar-refractivity contribution in [2.45, 2.75) is 31.9 Å². The Morgan fingerprint density at radius 1 is 1.05 bits per heavy atom. The summed E-state index contributed by atoms with van der Waals surface area (Å²) in [7, 11) is 0. The summed E-state index contributed by atoms with van der Waals surface area (Å²) in [4.78, 5) is 12.2. The van der Waals surface area contributed by atoms with Crippen molar-refractivity contribution in [2.24, 2.45) is 5.73 Å². The lowest BCUT2D eigenvalue weighted by molar-refractivity contribution is -0.159. The average Bonchev–Trinajstić information content (AvgIpc) is 2.48. The summed E-state index contributed by atoms with van der Waals surface area (Å²) in [6.45, 7) is 3.74. The van der Waals surface area contributed by atoms with Crippen LogP contribution in [0.3, 0.4) is 0 Å². The molecule has 0 unspecified atom stereocenters. The average molecular weight is 283 g/mol. The van der Waals surface area contributed by atoms with Gasteiger partial charge in [0.2, 0.25) is 0 Å². The number of benzene rings is 2. The van der Waals surface area contributed by atoms with Gasteiger partial charge in [0, 0.05) is 0 Å². The fourth-order valence-electron chi connectivity index (χ4n) is 2.18. The number of hydrogen-bond acceptors (Lipinski definition) is 3. The number of esters is 1. The topological polar surface area (TPSA) is 52.3 Å². The van der Waals surface area contributed by atoms with E-state index in [0.29, 0.717) is 6.42 Å². The van der Waals surface area contributed by atoms with Crippen LogP contribution in [-0.4, -0.2) is 12.0 Å². The summed E-state index contributed by atoms with van der Waals surface area (Å²) in [6.07, 6.45) is 0.477. The summed E-state index contributed by atoms with van der Waals surface area (Å²) >= 11 is 0. The molecule has 0 aliphatic heterocycles. The van der Waals surface area contributed by atoms with E-state index in [-0.39, 0.29) is 5.97 Å². The molecule has 0 aromatic heterocycles. The molecule has 0 amide bonds. The number of nitrogens with two attached hydrogens (primary N) is 1. The van der Waals surface area contributed by atoms with E-state index < -0.39 is 11.6 Å². The Morgan fingerprint density at radius 3 is 2.14 bits per heavy atom. The van der Waals surface area contributed by atoms with E-state index in [1.165, 1.54) is 0 Å². The van der Waals surface area contributed by atoms with Crippen LogP contribution in [-0.2, 0) is 21.6 Å². The van der Waals surface area contributed by atoms with E-state index in [2.05, 4.69) is 0 Å². The van der Waals surface area contributed by atoms with E-state index >= 15 is 0 Å². The highest BCUT2D eigenvalue weighted by Crippen LogP contribution is 2.24. The predicted molar refractivity (Wildman–Crippen MR) is 83.7 cm³/mol. The van der Waals surface area contributed by atoms with Crippen LogP contribution in [0.25, 0.3) is 0 Å². The van der Waals surface area contributed by atoms with Crippen LogP contribution in [0, 0.1) is 0 Å². The summed E-state index contributed by atoms with van der Waals surface area (Å²) in [5.41, 5.74) is 7.25. The number of carbonyl (C=O) groups excluding carboxylic acids is 1. The Morgan fingerprint density at radius 2 is 1.57 bits per heavy atom. The SMILES string of the molecule is CC(C)(OC(=O)[C@@H](N)Cc1ccccc1)c1ccccc1. The zero-order valence-electron chi connectivity index (χ0n) is 12.5. The highest BCUT2D eigenvalue weighted by atomic mass is 16.6. The number of ether oxygens (including phenoxy) is 1. The number of carbonyl (C=O) groups is 1. The number of rotatable bonds is 5. The third kappa shape index (κ3) is 4.17. The maximum absolute atomic E-state index is 12.2. The minimum atomic E-state index is -0.688. The first-order valence-electron chi connectivity index (χ1n) is 7.07. The third-order valence-corrected chi connectivity index (χ3v) is 3.43. The van der Waals surface area contributed by atoms with E-state index in [1.54, 1.807) is 0 Å². The van der Waals surface area contributed by atoms with Gasteiger partial charge < -0.3 is 10.5 Å². The van der Waals surface area contributed by atoms with Crippen LogP contribution in [0.2, 0.25) is 0 Å².